The highest BCUT2D eigenvalue weighted by molar-refractivity contribution is 6.02. The smallest absolute Gasteiger partial charge is 0.140 e. The molecule has 5 heteroatoms. The second kappa shape index (κ2) is 5.01. The summed E-state index contributed by atoms with van der Waals surface area (Å²) in [7, 11) is 1.82. The Morgan fingerprint density at radius 3 is 2.83 bits per heavy atom. The predicted octanol–water partition coefficient (Wildman–Crippen LogP) is 0.947. The third kappa shape index (κ3) is 2.26. The number of para-hydroxylation sites is 1. The zero-order valence-corrected chi connectivity index (χ0v) is 10.2. The number of benzene rings is 1. The van der Waals surface area contributed by atoms with Gasteiger partial charge in [-0.1, -0.05) is 18.2 Å². The van der Waals surface area contributed by atoms with Crippen molar-refractivity contribution in [1.29, 1.82) is 5.41 Å². The highest BCUT2D eigenvalue weighted by atomic mass is 16.3. The van der Waals surface area contributed by atoms with Crippen molar-refractivity contribution in [1.82, 2.24) is 4.98 Å². The number of fused-ring (bicyclic) bond motifs is 1. The van der Waals surface area contributed by atoms with Crippen molar-refractivity contribution in [3.63, 3.8) is 0 Å². The molecule has 0 aliphatic heterocycles. The Bertz CT molecular complexity index is 582. The van der Waals surface area contributed by atoms with Gasteiger partial charge in [0.15, 0.2) is 0 Å². The molecule has 0 amide bonds. The number of anilines is 1. The standard InChI is InChI=1S/C13H16N4O/c1-17(6-7-18)13-10(12(14)15)8-9-4-2-3-5-11(9)16-13/h2-5,8,18H,6-7H2,1H3,(H3,14,15). The first kappa shape index (κ1) is 12.3. The number of rotatable bonds is 4. The van der Waals surface area contributed by atoms with Crippen LogP contribution in [0.1, 0.15) is 5.56 Å². The molecule has 0 radical (unpaired) electrons. The van der Waals surface area contributed by atoms with E-state index in [1.54, 1.807) is 4.90 Å². The molecule has 1 heterocycles. The summed E-state index contributed by atoms with van der Waals surface area (Å²) >= 11 is 0. The molecule has 0 unspecified atom stereocenters. The Hall–Kier alpha value is -2.14. The average Bonchev–Trinajstić information content (AvgIpc) is 2.37. The molecule has 0 aliphatic carbocycles. The number of hydrogen-bond donors (Lipinski definition) is 3. The summed E-state index contributed by atoms with van der Waals surface area (Å²) in [5.41, 5.74) is 7.03. The summed E-state index contributed by atoms with van der Waals surface area (Å²) in [6.07, 6.45) is 0. The molecule has 0 saturated carbocycles. The maximum absolute atomic E-state index is 8.99. The molecular weight excluding hydrogens is 228 g/mol. The molecule has 2 aromatic rings. The zero-order chi connectivity index (χ0) is 13.1. The minimum absolute atomic E-state index is 0.0203. The second-order valence-electron chi connectivity index (χ2n) is 4.11. The predicted molar refractivity (Wildman–Crippen MR) is 73.1 cm³/mol. The number of nitrogen functional groups attached to an aromatic ring is 1. The normalized spacial score (nSPS) is 10.6. The molecule has 94 valence electrons. The van der Waals surface area contributed by atoms with Crippen molar-refractivity contribution in [2.75, 3.05) is 25.1 Å². The van der Waals surface area contributed by atoms with Crippen LogP contribution in [0, 0.1) is 5.41 Å². The van der Waals surface area contributed by atoms with Crippen molar-refractivity contribution in [2.45, 2.75) is 0 Å². The number of likely N-dealkylation sites (N-methyl/N-ethyl adjacent to an activating group) is 1. The average molecular weight is 244 g/mol. The topological polar surface area (TPSA) is 86.2 Å². The third-order valence-electron chi connectivity index (χ3n) is 2.79. The van der Waals surface area contributed by atoms with Gasteiger partial charge < -0.3 is 15.7 Å². The fourth-order valence-corrected chi connectivity index (χ4v) is 1.85. The Morgan fingerprint density at radius 2 is 2.17 bits per heavy atom. The van der Waals surface area contributed by atoms with E-state index in [1.165, 1.54) is 0 Å². The number of aliphatic hydroxyl groups excluding tert-OH is 1. The molecule has 0 spiro atoms. The van der Waals surface area contributed by atoms with Gasteiger partial charge in [0.05, 0.1) is 17.7 Å². The van der Waals surface area contributed by atoms with Gasteiger partial charge >= 0.3 is 0 Å². The fourth-order valence-electron chi connectivity index (χ4n) is 1.85. The maximum atomic E-state index is 8.99. The highest BCUT2D eigenvalue weighted by Gasteiger charge is 2.12. The molecule has 2 rings (SSSR count). The quantitative estimate of drug-likeness (QED) is 0.552. The van der Waals surface area contributed by atoms with Gasteiger partial charge in [-0.2, -0.15) is 0 Å². The second-order valence-corrected chi connectivity index (χ2v) is 4.11. The molecule has 1 aromatic heterocycles. The number of nitrogens with one attached hydrogen (secondary N) is 1. The lowest BCUT2D eigenvalue weighted by atomic mass is 10.1. The van der Waals surface area contributed by atoms with Gasteiger partial charge in [-0.25, -0.2) is 4.98 Å². The van der Waals surface area contributed by atoms with Crippen LogP contribution in [0.5, 0.6) is 0 Å². The summed E-state index contributed by atoms with van der Waals surface area (Å²) in [4.78, 5) is 6.30. The van der Waals surface area contributed by atoms with Crippen LogP contribution in [0.2, 0.25) is 0 Å². The summed E-state index contributed by atoms with van der Waals surface area (Å²) in [5.74, 6) is 0.600. The largest absolute Gasteiger partial charge is 0.395 e. The number of hydrogen-bond acceptors (Lipinski definition) is 4. The number of pyridine rings is 1. The minimum atomic E-state index is -0.0203. The van der Waals surface area contributed by atoms with E-state index in [4.69, 9.17) is 16.2 Å². The van der Waals surface area contributed by atoms with Crippen molar-refractivity contribution < 1.29 is 5.11 Å². The van der Waals surface area contributed by atoms with E-state index in [2.05, 4.69) is 4.98 Å². The van der Waals surface area contributed by atoms with E-state index >= 15 is 0 Å². The van der Waals surface area contributed by atoms with Crippen LogP contribution in [0.4, 0.5) is 5.82 Å². The van der Waals surface area contributed by atoms with Gasteiger partial charge in [-0.3, -0.25) is 5.41 Å². The van der Waals surface area contributed by atoms with Crippen LogP contribution < -0.4 is 10.6 Å². The van der Waals surface area contributed by atoms with E-state index in [-0.39, 0.29) is 12.4 Å². The maximum Gasteiger partial charge on any atom is 0.140 e. The van der Waals surface area contributed by atoms with Gasteiger partial charge in [-0.05, 0) is 12.1 Å². The van der Waals surface area contributed by atoms with Crippen molar-refractivity contribution in [3.8, 4) is 0 Å². The Kier molecular flexibility index (Phi) is 3.43. The van der Waals surface area contributed by atoms with Crippen LogP contribution in [-0.4, -0.2) is 36.1 Å². The van der Waals surface area contributed by atoms with Gasteiger partial charge in [0.2, 0.25) is 0 Å². The van der Waals surface area contributed by atoms with Gasteiger partial charge in [0.1, 0.15) is 11.7 Å². The van der Waals surface area contributed by atoms with Crippen molar-refractivity contribution in [2.24, 2.45) is 5.73 Å². The van der Waals surface area contributed by atoms with Crippen LogP contribution >= 0.6 is 0 Å². The van der Waals surface area contributed by atoms with E-state index in [0.29, 0.717) is 17.9 Å². The van der Waals surface area contributed by atoms with Gasteiger partial charge in [0.25, 0.3) is 0 Å². The monoisotopic (exact) mass is 244 g/mol. The van der Waals surface area contributed by atoms with Crippen LogP contribution in [-0.2, 0) is 0 Å². The SMILES string of the molecule is CN(CCO)c1nc2ccccc2cc1C(=N)N. The summed E-state index contributed by atoms with van der Waals surface area (Å²) in [6.45, 7) is 0.480. The molecule has 18 heavy (non-hydrogen) atoms. The Balaban J connectivity index is 2.61. The summed E-state index contributed by atoms with van der Waals surface area (Å²) < 4.78 is 0. The van der Waals surface area contributed by atoms with Crippen molar-refractivity contribution >= 4 is 22.6 Å². The lowest BCUT2D eigenvalue weighted by Crippen LogP contribution is -2.26. The summed E-state index contributed by atoms with van der Waals surface area (Å²) in [6, 6.07) is 9.54. The number of aromatic nitrogens is 1. The van der Waals surface area contributed by atoms with E-state index in [1.807, 2.05) is 37.4 Å². The number of amidine groups is 1. The molecule has 0 fully saturated rings. The molecule has 5 nitrogen and oxygen atoms in total. The van der Waals surface area contributed by atoms with Crippen molar-refractivity contribution in [3.05, 3.63) is 35.9 Å². The Morgan fingerprint density at radius 1 is 1.44 bits per heavy atom. The summed E-state index contributed by atoms with van der Waals surface area (Å²) in [5, 5.41) is 17.6. The first-order valence-electron chi connectivity index (χ1n) is 5.69. The van der Waals surface area contributed by atoms with E-state index < -0.39 is 0 Å². The van der Waals surface area contributed by atoms with Crippen LogP contribution in [0.25, 0.3) is 10.9 Å². The zero-order valence-electron chi connectivity index (χ0n) is 10.2. The number of aliphatic hydroxyl groups is 1. The van der Waals surface area contributed by atoms with E-state index in [0.717, 1.165) is 10.9 Å². The minimum Gasteiger partial charge on any atom is -0.395 e. The molecule has 4 N–H and O–H groups in total. The first-order chi connectivity index (χ1) is 8.63. The molecular formula is C13H16N4O. The van der Waals surface area contributed by atoms with E-state index in [9.17, 15) is 0 Å². The molecule has 0 atom stereocenters. The molecule has 1 aromatic carbocycles. The molecule has 0 bridgehead atoms. The third-order valence-corrected chi connectivity index (χ3v) is 2.79. The molecule has 0 saturated heterocycles. The Labute approximate surface area is 105 Å². The highest BCUT2D eigenvalue weighted by Crippen LogP contribution is 2.22. The number of nitrogens with zero attached hydrogens (tertiary/aromatic N) is 2. The van der Waals surface area contributed by atoms with Crippen LogP contribution in [0.15, 0.2) is 30.3 Å². The van der Waals surface area contributed by atoms with Gasteiger partial charge in [-0.15, -0.1) is 0 Å². The molecule has 0 aliphatic rings. The lowest BCUT2D eigenvalue weighted by Gasteiger charge is -2.20. The first-order valence-corrected chi connectivity index (χ1v) is 5.69. The number of nitrogens with two attached hydrogens (primary N) is 1. The fraction of sp³-hybridized carbons (Fsp3) is 0.231. The van der Waals surface area contributed by atoms with Gasteiger partial charge in [0, 0.05) is 19.0 Å². The van der Waals surface area contributed by atoms with Crippen LogP contribution in [0.3, 0.4) is 0 Å². The lowest BCUT2D eigenvalue weighted by molar-refractivity contribution is 0.304.